The number of ether oxygens (including phenoxy) is 2. The average molecular weight is 385 g/mol. The Kier molecular flexibility index (Phi) is 8.26. The molecule has 0 saturated heterocycles. The van der Waals surface area contributed by atoms with Crippen LogP contribution in [-0.4, -0.2) is 13.2 Å². The first-order valence-corrected chi connectivity index (χ1v) is 9.37. The van der Waals surface area contributed by atoms with E-state index < -0.39 is 0 Å². The molecule has 0 aliphatic heterocycles. The minimum absolute atomic E-state index is 0.111. The quantitative estimate of drug-likeness (QED) is 0.539. The Hall–Kier alpha value is -0.380. The molecule has 0 atom stereocenters. The van der Waals surface area contributed by atoms with Gasteiger partial charge in [-0.05, 0) is 33.9 Å². The molecule has 0 heterocycles. The smallest absolute Gasteiger partial charge is 0.0728 e. The normalized spacial score (nSPS) is 12.4. The van der Waals surface area contributed by atoms with Gasteiger partial charge in [0.1, 0.15) is 0 Å². The van der Waals surface area contributed by atoms with E-state index in [1.807, 2.05) is 0 Å². The molecule has 0 bridgehead atoms. The Balaban J connectivity index is 2.98. The van der Waals surface area contributed by atoms with Crippen LogP contribution >= 0.6 is 15.9 Å². The van der Waals surface area contributed by atoms with Gasteiger partial charge >= 0.3 is 0 Å². The van der Waals surface area contributed by atoms with Crippen LogP contribution < -0.4 is 0 Å². The van der Waals surface area contributed by atoms with Crippen molar-refractivity contribution in [1.82, 2.24) is 0 Å². The van der Waals surface area contributed by atoms with E-state index in [1.165, 1.54) is 16.7 Å². The zero-order valence-corrected chi connectivity index (χ0v) is 17.4. The summed E-state index contributed by atoms with van der Waals surface area (Å²) in [6.07, 6.45) is 0. The predicted octanol–water partition coefficient (Wildman–Crippen LogP) is 6.09. The van der Waals surface area contributed by atoms with E-state index in [4.69, 9.17) is 9.47 Å². The molecule has 132 valence electrons. The van der Waals surface area contributed by atoms with Crippen LogP contribution in [-0.2, 0) is 28.1 Å². The largest absolute Gasteiger partial charge is 0.376 e. The van der Waals surface area contributed by atoms with E-state index in [2.05, 4.69) is 76.5 Å². The first-order chi connectivity index (χ1) is 10.6. The highest BCUT2D eigenvalue weighted by Gasteiger charge is 2.18. The molecule has 0 radical (unpaired) electrons. The highest BCUT2D eigenvalue weighted by Crippen LogP contribution is 2.31. The Morgan fingerprint density at radius 1 is 0.870 bits per heavy atom. The van der Waals surface area contributed by atoms with Gasteiger partial charge in [-0.25, -0.2) is 0 Å². The van der Waals surface area contributed by atoms with Crippen LogP contribution in [0.1, 0.15) is 65.2 Å². The van der Waals surface area contributed by atoms with Gasteiger partial charge in [0.2, 0.25) is 0 Å². The standard InChI is InChI=1S/C20H33BrO2/c1-14(2)10-22-12-16-8-18(20(5,6)7)9-17(19(16)21)13-23-11-15(3)4/h8-9,14-15H,10-13H2,1-7H3. The molecule has 23 heavy (non-hydrogen) atoms. The minimum Gasteiger partial charge on any atom is -0.376 e. The molecule has 3 heteroatoms. The van der Waals surface area contributed by atoms with Gasteiger partial charge in [0, 0.05) is 17.7 Å². The third kappa shape index (κ3) is 7.36. The van der Waals surface area contributed by atoms with Crippen molar-refractivity contribution in [2.75, 3.05) is 13.2 Å². The maximum absolute atomic E-state index is 5.86. The van der Waals surface area contributed by atoms with E-state index in [0.717, 1.165) is 17.7 Å². The van der Waals surface area contributed by atoms with Crippen molar-refractivity contribution in [2.24, 2.45) is 11.8 Å². The molecule has 0 aliphatic rings. The van der Waals surface area contributed by atoms with Gasteiger partial charge < -0.3 is 9.47 Å². The van der Waals surface area contributed by atoms with Gasteiger partial charge in [-0.3, -0.25) is 0 Å². The molecule has 1 aromatic carbocycles. The van der Waals surface area contributed by atoms with Crippen LogP contribution in [0, 0.1) is 11.8 Å². The molecule has 2 nitrogen and oxygen atoms in total. The Morgan fingerprint density at radius 3 is 1.57 bits per heavy atom. The van der Waals surface area contributed by atoms with Crippen molar-refractivity contribution in [1.29, 1.82) is 0 Å². The molecule has 1 rings (SSSR count). The number of benzene rings is 1. The SMILES string of the molecule is CC(C)COCc1cc(C(C)(C)C)cc(COCC(C)C)c1Br. The van der Waals surface area contributed by atoms with Gasteiger partial charge in [-0.2, -0.15) is 0 Å². The summed E-state index contributed by atoms with van der Waals surface area (Å²) in [6.45, 7) is 18.3. The number of rotatable bonds is 8. The Morgan fingerprint density at radius 2 is 1.26 bits per heavy atom. The summed E-state index contributed by atoms with van der Waals surface area (Å²) in [5.41, 5.74) is 3.86. The van der Waals surface area contributed by atoms with Gasteiger partial charge in [0.25, 0.3) is 0 Å². The molecule has 0 saturated carbocycles. The van der Waals surface area contributed by atoms with Crippen molar-refractivity contribution in [3.8, 4) is 0 Å². The fourth-order valence-corrected chi connectivity index (χ4v) is 2.66. The lowest BCUT2D eigenvalue weighted by molar-refractivity contribution is 0.0927. The summed E-state index contributed by atoms with van der Waals surface area (Å²) in [5.74, 6) is 1.10. The van der Waals surface area contributed by atoms with Crippen molar-refractivity contribution in [3.63, 3.8) is 0 Å². The molecular formula is C20H33BrO2. The molecule has 0 unspecified atom stereocenters. The zero-order chi connectivity index (χ0) is 17.6. The van der Waals surface area contributed by atoms with Gasteiger partial charge in [0.05, 0.1) is 13.2 Å². The maximum atomic E-state index is 5.86. The zero-order valence-electron chi connectivity index (χ0n) is 15.8. The summed E-state index contributed by atoms with van der Waals surface area (Å²) >= 11 is 3.76. The summed E-state index contributed by atoms with van der Waals surface area (Å²) in [6, 6.07) is 4.52. The van der Waals surface area contributed by atoms with Crippen molar-refractivity contribution in [2.45, 2.75) is 67.1 Å². The predicted molar refractivity (Wildman–Crippen MR) is 102 cm³/mol. The lowest BCUT2D eigenvalue weighted by Crippen LogP contribution is -2.14. The third-order valence-corrected chi connectivity index (χ3v) is 4.53. The van der Waals surface area contributed by atoms with Crippen LogP contribution in [0.25, 0.3) is 0 Å². The van der Waals surface area contributed by atoms with Crippen molar-refractivity contribution >= 4 is 15.9 Å². The summed E-state index contributed by atoms with van der Waals surface area (Å²) in [4.78, 5) is 0. The van der Waals surface area contributed by atoms with Crippen LogP contribution in [0.5, 0.6) is 0 Å². The van der Waals surface area contributed by atoms with Crippen molar-refractivity contribution < 1.29 is 9.47 Å². The lowest BCUT2D eigenvalue weighted by atomic mass is 9.85. The molecule has 0 N–H and O–H groups in total. The fraction of sp³-hybridized carbons (Fsp3) is 0.700. The van der Waals surface area contributed by atoms with Crippen molar-refractivity contribution in [3.05, 3.63) is 33.3 Å². The molecule has 0 aromatic heterocycles. The van der Waals surface area contributed by atoms with E-state index >= 15 is 0 Å². The number of hydrogen-bond donors (Lipinski definition) is 0. The van der Waals surface area contributed by atoms with Gasteiger partial charge in [-0.1, -0.05) is 76.5 Å². The summed E-state index contributed by atoms with van der Waals surface area (Å²) < 4.78 is 12.8. The fourth-order valence-electron chi connectivity index (χ4n) is 2.20. The van der Waals surface area contributed by atoms with E-state index in [-0.39, 0.29) is 5.41 Å². The molecule has 1 aromatic rings. The van der Waals surface area contributed by atoms with E-state index in [9.17, 15) is 0 Å². The lowest BCUT2D eigenvalue weighted by Gasteiger charge is -2.23. The van der Waals surface area contributed by atoms with Crippen LogP contribution in [0.4, 0.5) is 0 Å². The van der Waals surface area contributed by atoms with Crippen LogP contribution in [0.15, 0.2) is 16.6 Å². The first-order valence-electron chi connectivity index (χ1n) is 8.58. The second-order valence-corrected chi connectivity index (χ2v) is 8.97. The first kappa shape index (κ1) is 20.7. The minimum atomic E-state index is 0.111. The topological polar surface area (TPSA) is 18.5 Å². The monoisotopic (exact) mass is 384 g/mol. The third-order valence-electron chi connectivity index (χ3n) is 3.51. The number of hydrogen-bond acceptors (Lipinski definition) is 2. The Bertz CT molecular complexity index is 452. The molecule has 0 fully saturated rings. The average Bonchev–Trinajstić information content (AvgIpc) is 2.40. The second kappa shape index (κ2) is 9.19. The molecular weight excluding hydrogens is 352 g/mol. The Labute approximate surface area is 151 Å². The van der Waals surface area contributed by atoms with E-state index in [0.29, 0.717) is 25.0 Å². The van der Waals surface area contributed by atoms with Crippen LogP contribution in [0.3, 0.4) is 0 Å². The molecule has 0 aliphatic carbocycles. The molecule has 0 spiro atoms. The number of halogens is 1. The van der Waals surface area contributed by atoms with Crippen LogP contribution in [0.2, 0.25) is 0 Å². The van der Waals surface area contributed by atoms with Gasteiger partial charge in [0.15, 0.2) is 0 Å². The highest BCUT2D eigenvalue weighted by atomic mass is 79.9. The summed E-state index contributed by atoms with van der Waals surface area (Å²) in [5, 5.41) is 0. The second-order valence-electron chi connectivity index (χ2n) is 8.18. The molecule has 0 amide bonds. The maximum Gasteiger partial charge on any atom is 0.0728 e. The van der Waals surface area contributed by atoms with Gasteiger partial charge in [-0.15, -0.1) is 0 Å². The summed E-state index contributed by atoms with van der Waals surface area (Å²) in [7, 11) is 0. The highest BCUT2D eigenvalue weighted by molar-refractivity contribution is 9.10. The van der Waals surface area contributed by atoms with E-state index in [1.54, 1.807) is 0 Å².